The third-order valence-corrected chi connectivity index (χ3v) is 4.44. The SMILES string of the molecule is CCCCCCCCCCCCOC(=O)C(CCC)NC(=O)OCC(C)C. The molecule has 5 heteroatoms. The van der Waals surface area contributed by atoms with Gasteiger partial charge >= 0.3 is 12.1 Å². The average Bonchev–Trinajstić information content (AvgIpc) is 2.64. The Morgan fingerprint density at radius 2 is 1.33 bits per heavy atom. The van der Waals surface area contributed by atoms with Crippen molar-refractivity contribution < 1.29 is 19.1 Å². The third-order valence-electron chi connectivity index (χ3n) is 4.44. The highest BCUT2D eigenvalue weighted by molar-refractivity contribution is 5.81. The monoisotopic (exact) mass is 385 g/mol. The Morgan fingerprint density at radius 1 is 0.778 bits per heavy atom. The van der Waals surface area contributed by atoms with Crippen molar-refractivity contribution in [3.05, 3.63) is 0 Å². The fourth-order valence-electron chi connectivity index (χ4n) is 2.83. The Labute approximate surface area is 167 Å². The molecule has 1 amide bonds. The fourth-order valence-corrected chi connectivity index (χ4v) is 2.83. The Balaban J connectivity index is 3.77. The van der Waals surface area contributed by atoms with Crippen LogP contribution in [0.4, 0.5) is 4.79 Å². The molecule has 0 saturated heterocycles. The van der Waals surface area contributed by atoms with Crippen LogP contribution in [0.25, 0.3) is 0 Å². The maximum absolute atomic E-state index is 12.2. The summed E-state index contributed by atoms with van der Waals surface area (Å²) in [6.07, 6.45) is 13.3. The van der Waals surface area contributed by atoms with Crippen LogP contribution in [-0.4, -0.2) is 31.3 Å². The van der Waals surface area contributed by atoms with Crippen LogP contribution in [-0.2, 0) is 14.3 Å². The van der Waals surface area contributed by atoms with Gasteiger partial charge in [0.25, 0.3) is 0 Å². The number of nitrogens with one attached hydrogen (secondary N) is 1. The van der Waals surface area contributed by atoms with Crippen molar-refractivity contribution in [3.8, 4) is 0 Å². The first-order valence-corrected chi connectivity index (χ1v) is 11.1. The molecule has 1 atom stereocenters. The number of amides is 1. The van der Waals surface area contributed by atoms with Gasteiger partial charge in [-0.15, -0.1) is 0 Å². The molecule has 1 N–H and O–H groups in total. The van der Waals surface area contributed by atoms with Crippen molar-refractivity contribution in [2.24, 2.45) is 5.92 Å². The number of hydrogen-bond acceptors (Lipinski definition) is 4. The Kier molecular flexibility index (Phi) is 17.3. The summed E-state index contributed by atoms with van der Waals surface area (Å²) in [4.78, 5) is 23.9. The minimum absolute atomic E-state index is 0.267. The molecule has 0 aliphatic heterocycles. The molecule has 0 saturated carbocycles. The highest BCUT2D eigenvalue weighted by atomic mass is 16.6. The van der Waals surface area contributed by atoms with Gasteiger partial charge in [-0.1, -0.05) is 91.9 Å². The van der Waals surface area contributed by atoms with E-state index in [0.717, 1.165) is 19.3 Å². The lowest BCUT2D eigenvalue weighted by Gasteiger charge is -2.17. The molecule has 1 unspecified atom stereocenters. The van der Waals surface area contributed by atoms with Crippen molar-refractivity contribution in [2.75, 3.05) is 13.2 Å². The maximum atomic E-state index is 12.2. The second kappa shape index (κ2) is 18.1. The maximum Gasteiger partial charge on any atom is 0.407 e. The van der Waals surface area contributed by atoms with Gasteiger partial charge in [0, 0.05) is 0 Å². The van der Waals surface area contributed by atoms with Gasteiger partial charge in [0.2, 0.25) is 0 Å². The van der Waals surface area contributed by atoms with Crippen LogP contribution in [0.15, 0.2) is 0 Å². The molecule has 0 aliphatic carbocycles. The summed E-state index contributed by atoms with van der Waals surface area (Å²) in [5.74, 6) is -0.0852. The molecule has 27 heavy (non-hydrogen) atoms. The quantitative estimate of drug-likeness (QED) is 0.246. The van der Waals surface area contributed by atoms with E-state index in [9.17, 15) is 9.59 Å². The lowest BCUT2D eigenvalue weighted by molar-refractivity contribution is -0.146. The van der Waals surface area contributed by atoms with E-state index in [0.29, 0.717) is 19.6 Å². The minimum atomic E-state index is -0.613. The van der Waals surface area contributed by atoms with Crippen molar-refractivity contribution in [1.29, 1.82) is 0 Å². The zero-order valence-corrected chi connectivity index (χ0v) is 18.2. The predicted molar refractivity (Wildman–Crippen MR) is 111 cm³/mol. The van der Waals surface area contributed by atoms with Gasteiger partial charge in [0.1, 0.15) is 6.04 Å². The number of rotatable bonds is 17. The first kappa shape index (κ1) is 25.7. The summed E-state index contributed by atoms with van der Waals surface area (Å²) >= 11 is 0. The molecule has 0 fully saturated rings. The molecular weight excluding hydrogens is 342 g/mol. The standard InChI is InChI=1S/C22H43NO4/c1-5-7-8-9-10-11-12-13-14-15-17-26-21(24)20(16-6-2)23-22(25)27-18-19(3)4/h19-20H,5-18H2,1-4H3,(H,23,25). The van der Waals surface area contributed by atoms with E-state index in [4.69, 9.17) is 9.47 Å². The number of esters is 1. The molecule has 0 aromatic rings. The van der Waals surface area contributed by atoms with Crippen LogP contribution in [0.2, 0.25) is 0 Å². The highest BCUT2D eigenvalue weighted by Crippen LogP contribution is 2.10. The van der Waals surface area contributed by atoms with E-state index in [1.807, 2.05) is 20.8 Å². The number of carbonyl (C=O) groups is 2. The van der Waals surface area contributed by atoms with E-state index in [-0.39, 0.29) is 11.9 Å². The highest BCUT2D eigenvalue weighted by Gasteiger charge is 2.22. The third kappa shape index (κ3) is 16.6. The first-order valence-electron chi connectivity index (χ1n) is 11.1. The second-order valence-corrected chi connectivity index (χ2v) is 7.83. The number of carbonyl (C=O) groups excluding carboxylic acids is 2. The zero-order chi connectivity index (χ0) is 20.3. The summed E-state index contributed by atoms with van der Waals surface area (Å²) in [7, 11) is 0. The molecule has 0 radical (unpaired) electrons. The summed E-state index contributed by atoms with van der Waals surface area (Å²) in [5, 5.41) is 2.63. The van der Waals surface area contributed by atoms with E-state index in [1.165, 1.54) is 51.4 Å². The lowest BCUT2D eigenvalue weighted by atomic mass is 10.1. The van der Waals surface area contributed by atoms with Crippen molar-refractivity contribution in [1.82, 2.24) is 5.32 Å². The van der Waals surface area contributed by atoms with Gasteiger partial charge in [-0.05, 0) is 18.8 Å². The van der Waals surface area contributed by atoms with E-state index >= 15 is 0 Å². The minimum Gasteiger partial charge on any atom is -0.464 e. The summed E-state index contributed by atoms with van der Waals surface area (Å²) in [6, 6.07) is -0.613. The molecule has 0 spiro atoms. The smallest absolute Gasteiger partial charge is 0.407 e. The van der Waals surface area contributed by atoms with Gasteiger partial charge in [-0.2, -0.15) is 0 Å². The van der Waals surface area contributed by atoms with Crippen molar-refractivity contribution in [3.63, 3.8) is 0 Å². The number of unbranched alkanes of at least 4 members (excludes halogenated alkanes) is 9. The molecule has 0 aromatic heterocycles. The van der Waals surface area contributed by atoms with Gasteiger partial charge in [-0.25, -0.2) is 9.59 Å². The van der Waals surface area contributed by atoms with Crippen LogP contribution in [0.5, 0.6) is 0 Å². The summed E-state index contributed by atoms with van der Waals surface area (Å²) in [5.41, 5.74) is 0. The normalized spacial score (nSPS) is 12.0. The Hall–Kier alpha value is -1.26. The first-order chi connectivity index (χ1) is 13.0. The molecule has 0 aromatic carbocycles. The second-order valence-electron chi connectivity index (χ2n) is 7.83. The van der Waals surface area contributed by atoms with E-state index < -0.39 is 12.1 Å². The molecule has 0 heterocycles. The van der Waals surface area contributed by atoms with Crippen LogP contribution < -0.4 is 5.32 Å². The molecule has 0 rings (SSSR count). The summed E-state index contributed by atoms with van der Waals surface area (Å²) in [6.45, 7) is 8.93. The van der Waals surface area contributed by atoms with Crippen molar-refractivity contribution >= 4 is 12.1 Å². The van der Waals surface area contributed by atoms with Crippen LogP contribution >= 0.6 is 0 Å². The molecule has 0 aliphatic rings. The van der Waals surface area contributed by atoms with Gasteiger partial charge in [0.15, 0.2) is 0 Å². The zero-order valence-electron chi connectivity index (χ0n) is 18.2. The topological polar surface area (TPSA) is 64.6 Å². The van der Waals surface area contributed by atoms with E-state index in [2.05, 4.69) is 12.2 Å². The Morgan fingerprint density at radius 3 is 1.85 bits per heavy atom. The van der Waals surface area contributed by atoms with Gasteiger partial charge < -0.3 is 14.8 Å². The van der Waals surface area contributed by atoms with Crippen LogP contribution in [0.3, 0.4) is 0 Å². The number of ether oxygens (including phenoxy) is 2. The average molecular weight is 386 g/mol. The van der Waals surface area contributed by atoms with Crippen molar-refractivity contribution in [2.45, 2.75) is 111 Å². The predicted octanol–water partition coefficient (Wildman–Crippen LogP) is 6.00. The number of hydrogen-bond donors (Lipinski definition) is 1. The van der Waals surface area contributed by atoms with Gasteiger partial charge in [0.05, 0.1) is 13.2 Å². The molecular formula is C22H43NO4. The molecule has 5 nitrogen and oxygen atoms in total. The van der Waals surface area contributed by atoms with Crippen LogP contribution in [0, 0.1) is 5.92 Å². The summed E-state index contributed by atoms with van der Waals surface area (Å²) < 4.78 is 10.4. The van der Waals surface area contributed by atoms with Crippen LogP contribution in [0.1, 0.15) is 105 Å². The largest absolute Gasteiger partial charge is 0.464 e. The molecule has 160 valence electrons. The molecule has 0 bridgehead atoms. The fraction of sp³-hybridized carbons (Fsp3) is 0.909. The Bertz CT molecular complexity index is 371. The van der Waals surface area contributed by atoms with Gasteiger partial charge in [-0.3, -0.25) is 0 Å². The number of alkyl carbamates (subject to hydrolysis) is 1. The lowest BCUT2D eigenvalue weighted by Crippen LogP contribution is -2.42. The van der Waals surface area contributed by atoms with E-state index in [1.54, 1.807) is 0 Å².